The van der Waals surface area contributed by atoms with E-state index >= 15 is 0 Å². The van der Waals surface area contributed by atoms with Gasteiger partial charge in [0.05, 0.1) is 29.1 Å². The zero-order valence-electron chi connectivity index (χ0n) is 19.1. The summed E-state index contributed by atoms with van der Waals surface area (Å²) in [6.45, 7) is 7.80. The molecule has 0 radical (unpaired) electrons. The van der Waals surface area contributed by atoms with Crippen LogP contribution in [0.15, 0.2) is 27.6 Å². The van der Waals surface area contributed by atoms with Crippen LogP contribution in [-0.4, -0.2) is 59.6 Å². The van der Waals surface area contributed by atoms with Gasteiger partial charge in [0.25, 0.3) is 0 Å². The number of hydrogen-bond acceptors (Lipinski definition) is 7. The van der Waals surface area contributed by atoms with E-state index in [0.29, 0.717) is 55.4 Å². The summed E-state index contributed by atoms with van der Waals surface area (Å²) in [5, 5.41) is 6.70. The Hall–Kier alpha value is -2.76. The monoisotopic (exact) mass is 475 g/mol. The number of imidazole rings is 1. The molecule has 1 aliphatic rings. The van der Waals surface area contributed by atoms with Crippen LogP contribution in [0.2, 0.25) is 0 Å². The molecule has 10 nitrogen and oxygen atoms in total. The summed E-state index contributed by atoms with van der Waals surface area (Å²) in [5.41, 5.74) is 2.70. The average Bonchev–Trinajstić information content (AvgIpc) is 3.32. The van der Waals surface area contributed by atoms with Crippen molar-refractivity contribution in [1.29, 1.82) is 0 Å². The van der Waals surface area contributed by atoms with Gasteiger partial charge < -0.3 is 19.1 Å². The third-order valence-electron chi connectivity index (χ3n) is 5.73. The molecule has 4 rings (SSSR count). The molecule has 0 saturated carbocycles. The van der Waals surface area contributed by atoms with Crippen molar-refractivity contribution in [3.05, 3.63) is 35.5 Å². The van der Waals surface area contributed by atoms with Crippen molar-refractivity contribution in [2.45, 2.75) is 51.5 Å². The number of aromatic nitrogens is 3. The van der Waals surface area contributed by atoms with Gasteiger partial charge in [-0.15, -0.1) is 0 Å². The van der Waals surface area contributed by atoms with Gasteiger partial charge in [-0.25, -0.2) is 13.4 Å². The van der Waals surface area contributed by atoms with Crippen molar-refractivity contribution >= 4 is 32.7 Å². The number of anilines is 1. The maximum Gasteiger partial charge on any atom is 0.243 e. The molecule has 1 aliphatic heterocycles. The van der Waals surface area contributed by atoms with E-state index in [4.69, 9.17) is 14.2 Å². The molecule has 11 heteroatoms. The van der Waals surface area contributed by atoms with Gasteiger partial charge in [0, 0.05) is 32.5 Å². The number of fused-ring (bicyclic) bond motifs is 1. The van der Waals surface area contributed by atoms with Gasteiger partial charge in [-0.3, -0.25) is 4.79 Å². The lowest BCUT2D eigenvalue weighted by Gasteiger charge is -2.26. The van der Waals surface area contributed by atoms with E-state index < -0.39 is 10.0 Å². The first kappa shape index (κ1) is 23.4. The van der Waals surface area contributed by atoms with Crippen LogP contribution >= 0.6 is 0 Å². The van der Waals surface area contributed by atoms with Crippen LogP contribution in [0.3, 0.4) is 0 Å². The highest BCUT2D eigenvalue weighted by Gasteiger charge is 2.27. The number of amides is 1. The van der Waals surface area contributed by atoms with Crippen molar-refractivity contribution in [1.82, 2.24) is 19.0 Å². The molecule has 1 fully saturated rings. The van der Waals surface area contributed by atoms with E-state index in [1.54, 1.807) is 32.0 Å². The molecule has 1 saturated heterocycles. The van der Waals surface area contributed by atoms with Crippen molar-refractivity contribution in [3.63, 3.8) is 0 Å². The number of benzene rings is 1. The normalized spacial score (nSPS) is 15.2. The Morgan fingerprint density at radius 1 is 1.21 bits per heavy atom. The summed E-state index contributed by atoms with van der Waals surface area (Å²) in [6, 6.07) is 5.06. The van der Waals surface area contributed by atoms with Gasteiger partial charge >= 0.3 is 0 Å². The molecule has 0 unspecified atom stereocenters. The Morgan fingerprint density at radius 2 is 1.97 bits per heavy atom. The number of hydrogen-bond donors (Lipinski definition) is 1. The Balaban J connectivity index is 1.56. The number of nitrogens with zero attached hydrogens (tertiary/aromatic N) is 4. The second kappa shape index (κ2) is 9.62. The van der Waals surface area contributed by atoms with E-state index in [-0.39, 0.29) is 17.2 Å². The van der Waals surface area contributed by atoms with Crippen molar-refractivity contribution in [2.75, 3.05) is 31.6 Å². The van der Waals surface area contributed by atoms with E-state index in [0.717, 1.165) is 24.3 Å². The topological polar surface area (TPSA) is 120 Å². The van der Waals surface area contributed by atoms with Crippen LogP contribution < -0.4 is 5.32 Å². The predicted octanol–water partition coefficient (Wildman–Crippen LogP) is 2.64. The molecule has 0 bridgehead atoms. The van der Waals surface area contributed by atoms with Gasteiger partial charge in [0.1, 0.15) is 17.2 Å². The fraction of sp³-hybridized carbons (Fsp3) is 0.500. The summed E-state index contributed by atoms with van der Waals surface area (Å²) in [7, 11) is -3.61. The van der Waals surface area contributed by atoms with Crippen LogP contribution in [0.1, 0.15) is 37.0 Å². The molecular formula is C22H29N5O5S. The molecule has 1 amide bonds. The van der Waals surface area contributed by atoms with Gasteiger partial charge in [-0.05, 0) is 38.5 Å². The minimum absolute atomic E-state index is 0.157. The highest BCUT2D eigenvalue weighted by atomic mass is 32.2. The maximum absolute atomic E-state index is 13.0. The quantitative estimate of drug-likeness (QED) is 0.532. The van der Waals surface area contributed by atoms with E-state index in [1.165, 1.54) is 4.31 Å². The van der Waals surface area contributed by atoms with Crippen molar-refractivity contribution in [2.24, 2.45) is 0 Å². The second-order valence-electron chi connectivity index (χ2n) is 8.09. The molecule has 178 valence electrons. The summed E-state index contributed by atoms with van der Waals surface area (Å²) in [4.78, 5) is 17.4. The molecule has 1 aromatic carbocycles. The largest absolute Gasteiger partial charge is 0.379 e. The van der Waals surface area contributed by atoms with Crippen LogP contribution in [0.4, 0.5) is 5.69 Å². The Kier molecular flexibility index (Phi) is 6.82. The number of morpholine rings is 1. The van der Waals surface area contributed by atoms with Crippen molar-refractivity contribution in [3.8, 4) is 0 Å². The molecule has 3 aromatic rings. The lowest BCUT2D eigenvalue weighted by molar-refractivity contribution is -0.116. The number of rotatable bonds is 8. The third-order valence-corrected chi connectivity index (χ3v) is 7.62. The number of carbonyl (C=O) groups is 1. The minimum atomic E-state index is -3.61. The number of aryl methyl sites for hydroxylation is 4. The van der Waals surface area contributed by atoms with Crippen LogP contribution in [0.25, 0.3) is 11.0 Å². The van der Waals surface area contributed by atoms with Gasteiger partial charge in [-0.1, -0.05) is 12.1 Å². The standard InChI is InChI=1S/C22H29N5O5S/c1-4-9-27-19-6-5-17(33(29,30)26-10-12-31-13-11-26)14-18(19)23-20(27)7-8-21(28)24-22-15(2)25-32-16(22)3/h5-6,14H,4,7-13H2,1-3H3,(H,24,28). The molecule has 0 aliphatic carbocycles. The number of sulfonamides is 1. The molecule has 1 N–H and O–H groups in total. The Morgan fingerprint density at radius 3 is 2.64 bits per heavy atom. The zero-order valence-corrected chi connectivity index (χ0v) is 19.9. The number of ether oxygens (including phenoxy) is 1. The van der Waals surface area contributed by atoms with Gasteiger partial charge in [-0.2, -0.15) is 4.31 Å². The smallest absolute Gasteiger partial charge is 0.243 e. The zero-order chi connectivity index (χ0) is 23.6. The van der Waals surface area contributed by atoms with Gasteiger partial charge in [0.15, 0.2) is 5.76 Å². The Bertz CT molecular complexity index is 1240. The highest BCUT2D eigenvalue weighted by molar-refractivity contribution is 7.89. The summed E-state index contributed by atoms with van der Waals surface area (Å²) < 4.78 is 40.0. The van der Waals surface area contributed by atoms with E-state index in [1.807, 2.05) is 0 Å². The van der Waals surface area contributed by atoms with Crippen LogP contribution in [-0.2, 0) is 32.5 Å². The number of carbonyl (C=O) groups excluding carboxylic acids is 1. The SMILES string of the molecule is CCCn1c(CCC(=O)Nc2c(C)noc2C)nc2cc(S(=O)(=O)N3CCOCC3)ccc21. The van der Waals surface area contributed by atoms with Crippen LogP contribution in [0, 0.1) is 13.8 Å². The summed E-state index contributed by atoms with van der Waals surface area (Å²) in [5.74, 6) is 1.16. The van der Waals surface area contributed by atoms with E-state index in [9.17, 15) is 13.2 Å². The predicted molar refractivity (Wildman–Crippen MR) is 123 cm³/mol. The second-order valence-corrected chi connectivity index (χ2v) is 10.0. The first-order valence-electron chi connectivity index (χ1n) is 11.1. The summed E-state index contributed by atoms with van der Waals surface area (Å²) >= 11 is 0. The van der Waals surface area contributed by atoms with Crippen LogP contribution in [0.5, 0.6) is 0 Å². The Labute approximate surface area is 192 Å². The first-order valence-corrected chi connectivity index (χ1v) is 12.5. The molecule has 0 atom stereocenters. The highest BCUT2D eigenvalue weighted by Crippen LogP contribution is 2.25. The lowest BCUT2D eigenvalue weighted by atomic mass is 10.2. The molecule has 3 heterocycles. The average molecular weight is 476 g/mol. The lowest BCUT2D eigenvalue weighted by Crippen LogP contribution is -2.40. The third kappa shape index (κ3) is 4.80. The minimum Gasteiger partial charge on any atom is -0.379 e. The van der Waals surface area contributed by atoms with Crippen molar-refractivity contribution < 1.29 is 22.5 Å². The molecular weight excluding hydrogens is 446 g/mol. The fourth-order valence-electron chi connectivity index (χ4n) is 4.01. The van der Waals surface area contributed by atoms with E-state index in [2.05, 4.69) is 22.0 Å². The molecule has 33 heavy (non-hydrogen) atoms. The molecule has 0 spiro atoms. The van der Waals surface area contributed by atoms with Gasteiger partial charge in [0.2, 0.25) is 15.9 Å². The maximum atomic E-state index is 13.0. The first-order chi connectivity index (χ1) is 15.8. The molecule has 2 aromatic heterocycles. The number of nitrogens with one attached hydrogen (secondary N) is 1. The fourth-order valence-corrected chi connectivity index (χ4v) is 5.44. The summed E-state index contributed by atoms with van der Waals surface area (Å²) in [6.07, 6.45) is 1.54.